The molecule has 2 rings (SSSR count). The number of esters is 1. The molecule has 1 aromatic carbocycles. The molecule has 1 fully saturated rings. The molecule has 154 valence electrons. The van der Waals surface area contributed by atoms with Gasteiger partial charge in [0.1, 0.15) is 12.2 Å². The van der Waals surface area contributed by atoms with Gasteiger partial charge in [-0.2, -0.15) is 0 Å². The van der Waals surface area contributed by atoms with Crippen LogP contribution in [0, 0.1) is 5.92 Å². The van der Waals surface area contributed by atoms with Crippen molar-refractivity contribution in [2.75, 3.05) is 19.7 Å². The molecule has 1 heterocycles. The molecule has 1 aromatic rings. The second-order valence-corrected chi connectivity index (χ2v) is 7.56. The van der Waals surface area contributed by atoms with Crippen molar-refractivity contribution < 1.29 is 28.6 Å². The van der Waals surface area contributed by atoms with E-state index in [9.17, 15) is 14.4 Å². The average molecular weight is 392 g/mol. The number of carbonyl (C=O) groups is 3. The Bertz CT molecular complexity index is 686. The number of hydrogen-bond donors (Lipinski definition) is 1. The van der Waals surface area contributed by atoms with E-state index in [0.717, 1.165) is 5.56 Å². The zero-order valence-electron chi connectivity index (χ0n) is 16.8. The van der Waals surface area contributed by atoms with Gasteiger partial charge >= 0.3 is 18.2 Å². The predicted octanol–water partition coefficient (Wildman–Crippen LogP) is 2.71. The van der Waals surface area contributed by atoms with Crippen molar-refractivity contribution in [2.24, 2.45) is 5.92 Å². The third-order valence-corrected chi connectivity index (χ3v) is 4.07. The molecule has 0 unspecified atom stereocenters. The normalized spacial score (nSPS) is 19.1. The highest BCUT2D eigenvalue weighted by molar-refractivity contribution is 5.78. The molecule has 2 atom stereocenters. The maximum absolute atomic E-state index is 12.4. The number of hydrogen-bond acceptors (Lipinski definition) is 6. The first-order valence-corrected chi connectivity index (χ1v) is 9.31. The number of nitrogens with zero attached hydrogens (tertiary/aromatic N) is 1. The zero-order chi connectivity index (χ0) is 20.7. The van der Waals surface area contributed by atoms with Crippen LogP contribution in [0.25, 0.3) is 0 Å². The highest BCUT2D eigenvalue weighted by Crippen LogP contribution is 2.21. The minimum absolute atomic E-state index is 0.104. The van der Waals surface area contributed by atoms with Gasteiger partial charge in [0.15, 0.2) is 0 Å². The van der Waals surface area contributed by atoms with Crippen LogP contribution in [0.3, 0.4) is 0 Å². The van der Waals surface area contributed by atoms with Gasteiger partial charge in [-0.1, -0.05) is 30.3 Å². The van der Waals surface area contributed by atoms with Crippen LogP contribution in [0.4, 0.5) is 9.59 Å². The smallest absolute Gasteiger partial charge is 0.410 e. The van der Waals surface area contributed by atoms with Gasteiger partial charge in [0, 0.05) is 13.1 Å². The van der Waals surface area contributed by atoms with Gasteiger partial charge in [0.05, 0.1) is 18.6 Å². The fraction of sp³-hybridized carbons (Fsp3) is 0.550. The lowest BCUT2D eigenvalue weighted by Crippen LogP contribution is -2.45. The lowest BCUT2D eigenvalue weighted by Gasteiger charge is -2.23. The topological polar surface area (TPSA) is 94.2 Å². The fourth-order valence-electron chi connectivity index (χ4n) is 2.86. The summed E-state index contributed by atoms with van der Waals surface area (Å²) in [6.45, 7) is 7.53. The first-order chi connectivity index (χ1) is 13.2. The number of rotatable bonds is 5. The number of nitrogens with one attached hydrogen (secondary N) is 1. The second kappa shape index (κ2) is 9.43. The number of likely N-dealkylation sites (tertiary alicyclic amines) is 1. The van der Waals surface area contributed by atoms with E-state index < -0.39 is 35.7 Å². The fourth-order valence-corrected chi connectivity index (χ4v) is 2.86. The summed E-state index contributed by atoms with van der Waals surface area (Å²) in [7, 11) is 0. The Morgan fingerprint density at radius 3 is 2.39 bits per heavy atom. The van der Waals surface area contributed by atoms with E-state index in [1.807, 2.05) is 30.3 Å². The Labute approximate surface area is 165 Å². The van der Waals surface area contributed by atoms with E-state index in [4.69, 9.17) is 14.2 Å². The van der Waals surface area contributed by atoms with Crippen LogP contribution in [0.1, 0.15) is 33.3 Å². The molecule has 0 bridgehead atoms. The van der Waals surface area contributed by atoms with Gasteiger partial charge in [-0.3, -0.25) is 4.79 Å². The molecule has 1 saturated heterocycles. The van der Waals surface area contributed by atoms with Crippen molar-refractivity contribution in [2.45, 2.75) is 45.9 Å². The summed E-state index contributed by atoms with van der Waals surface area (Å²) in [5, 5.41) is 2.67. The van der Waals surface area contributed by atoms with Gasteiger partial charge in [-0.15, -0.1) is 0 Å². The molecule has 0 saturated carbocycles. The summed E-state index contributed by atoms with van der Waals surface area (Å²) in [6, 6.07) is 8.69. The van der Waals surface area contributed by atoms with E-state index >= 15 is 0 Å². The largest absolute Gasteiger partial charge is 0.466 e. The average Bonchev–Trinajstić information content (AvgIpc) is 3.03. The molecule has 0 radical (unpaired) electrons. The maximum atomic E-state index is 12.4. The Morgan fingerprint density at radius 2 is 1.79 bits per heavy atom. The number of benzene rings is 1. The summed E-state index contributed by atoms with van der Waals surface area (Å²) < 4.78 is 15.7. The van der Waals surface area contributed by atoms with Crippen molar-refractivity contribution in [3.8, 4) is 0 Å². The van der Waals surface area contributed by atoms with Crippen LogP contribution < -0.4 is 5.32 Å². The predicted molar refractivity (Wildman–Crippen MR) is 101 cm³/mol. The van der Waals surface area contributed by atoms with Crippen molar-refractivity contribution in [3.05, 3.63) is 35.9 Å². The highest BCUT2D eigenvalue weighted by atomic mass is 16.6. The Morgan fingerprint density at radius 1 is 1.11 bits per heavy atom. The highest BCUT2D eigenvalue weighted by Gasteiger charge is 2.42. The standard InChI is InChI=1S/C20H28N2O6/c1-5-26-17(23)15-11-22(12-16(15)21-18(24)28-20(2,3)4)19(25)27-13-14-9-7-6-8-10-14/h6-10,15-16H,5,11-13H2,1-4H3,(H,21,24)/t15-,16-/m1/s1. The molecular formula is C20H28N2O6. The van der Waals surface area contributed by atoms with Crippen molar-refractivity contribution in [3.63, 3.8) is 0 Å². The van der Waals surface area contributed by atoms with Gasteiger partial charge in [-0.05, 0) is 33.3 Å². The van der Waals surface area contributed by atoms with Crippen LogP contribution in [-0.2, 0) is 25.6 Å². The molecule has 1 aliphatic heterocycles. The van der Waals surface area contributed by atoms with E-state index in [0.29, 0.717) is 0 Å². The summed E-state index contributed by atoms with van der Waals surface area (Å²) in [5.74, 6) is -1.15. The quantitative estimate of drug-likeness (QED) is 0.612. The minimum Gasteiger partial charge on any atom is -0.466 e. The number of amides is 2. The van der Waals surface area contributed by atoms with Crippen LogP contribution in [0.15, 0.2) is 30.3 Å². The zero-order valence-corrected chi connectivity index (χ0v) is 16.8. The van der Waals surface area contributed by atoms with Crippen molar-refractivity contribution >= 4 is 18.2 Å². The number of carbonyl (C=O) groups excluding carboxylic acids is 3. The van der Waals surface area contributed by atoms with E-state index in [2.05, 4.69) is 5.32 Å². The van der Waals surface area contributed by atoms with E-state index in [-0.39, 0.29) is 26.3 Å². The second-order valence-electron chi connectivity index (χ2n) is 7.56. The Hall–Kier alpha value is -2.77. The van der Waals surface area contributed by atoms with Crippen LogP contribution in [-0.4, -0.2) is 54.4 Å². The number of alkyl carbamates (subject to hydrolysis) is 1. The molecule has 1 aliphatic rings. The first-order valence-electron chi connectivity index (χ1n) is 9.31. The van der Waals surface area contributed by atoms with Gasteiger partial charge in [-0.25, -0.2) is 9.59 Å². The third kappa shape index (κ3) is 6.44. The van der Waals surface area contributed by atoms with Gasteiger partial charge < -0.3 is 24.4 Å². The summed E-state index contributed by atoms with van der Waals surface area (Å²) in [4.78, 5) is 38.2. The molecule has 0 spiro atoms. The minimum atomic E-state index is -0.684. The maximum Gasteiger partial charge on any atom is 0.410 e. The third-order valence-electron chi connectivity index (χ3n) is 4.07. The lowest BCUT2D eigenvalue weighted by atomic mass is 10.0. The van der Waals surface area contributed by atoms with E-state index in [1.54, 1.807) is 27.7 Å². The van der Waals surface area contributed by atoms with Gasteiger partial charge in [0.2, 0.25) is 0 Å². The van der Waals surface area contributed by atoms with Crippen molar-refractivity contribution in [1.29, 1.82) is 0 Å². The molecular weight excluding hydrogens is 364 g/mol. The molecule has 1 N–H and O–H groups in total. The molecule has 0 aromatic heterocycles. The Kier molecular flexibility index (Phi) is 7.25. The van der Waals surface area contributed by atoms with Crippen LogP contribution in [0.2, 0.25) is 0 Å². The van der Waals surface area contributed by atoms with Crippen LogP contribution >= 0.6 is 0 Å². The summed E-state index contributed by atoms with van der Waals surface area (Å²) >= 11 is 0. The monoisotopic (exact) mass is 392 g/mol. The summed E-state index contributed by atoms with van der Waals surface area (Å²) in [5.41, 5.74) is 0.191. The molecule has 28 heavy (non-hydrogen) atoms. The van der Waals surface area contributed by atoms with E-state index in [1.165, 1.54) is 4.90 Å². The molecule has 2 amide bonds. The number of ether oxygens (including phenoxy) is 3. The Balaban J connectivity index is 1.99. The van der Waals surface area contributed by atoms with Crippen molar-refractivity contribution in [1.82, 2.24) is 10.2 Å². The van der Waals surface area contributed by atoms with Gasteiger partial charge in [0.25, 0.3) is 0 Å². The molecule has 8 nitrogen and oxygen atoms in total. The lowest BCUT2D eigenvalue weighted by molar-refractivity contribution is -0.148. The van der Waals surface area contributed by atoms with Crippen LogP contribution in [0.5, 0.6) is 0 Å². The first kappa shape index (κ1) is 21.5. The molecule has 8 heteroatoms. The molecule has 0 aliphatic carbocycles. The SMILES string of the molecule is CCOC(=O)[C@@H]1CN(C(=O)OCc2ccccc2)C[C@H]1NC(=O)OC(C)(C)C. The summed E-state index contributed by atoms with van der Waals surface area (Å²) in [6.07, 6.45) is -1.20.